The zero-order chi connectivity index (χ0) is 9.84. The number of hydrogen-bond acceptors (Lipinski definition) is 3. The van der Waals surface area contributed by atoms with Crippen molar-refractivity contribution in [3.05, 3.63) is 23.8 Å². The molecular weight excluding hydrogens is 170 g/mol. The fraction of sp³-hybridized carbons (Fsp3) is 0.222. The lowest BCUT2D eigenvalue weighted by molar-refractivity contribution is -0.136. The molecule has 0 saturated carbocycles. The number of hydrogen-bond donors (Lipinski definition) is 2. The average Bonchev–Trinajstić information content (AvgIpc) is 2.01. The Kier molecular flexibility index (Phi) is 2.74. The molecule has 0 saturated heterocycles. The molecule has 0 unspecified atom stereocenters. The van der Waals surface area contributed by atoms with E-state index in [-0.39, 0.29) is 6.42 Å². The van der Waals surface area contributed by atoms with Crippen LogP contribution in [0, 0.1) is 0 Å². The van der Waals surface area contributed by atoms with Gasteiger partial charge in [0.1, 0.15) is 5.75 Å². The molecule has 4 heteroatoms. The van der Waals surface area contributed by atoms with E-state index in [0.717, 1.165) is 0 Å². The molecule has 0 aromatic heterocycles. The van der Waals surface area contributed by atoms with Crippen LogP contribution in [0.4, 0.5) is 5.69 Å². The van der Waals surface area contributed by atoms with Gasteiger partial charge in [0.25, 0.3) is 0 Å². The zero-order valence-electron chi connectivity index (χ0n) is 7.28. The Balaban J connectivity index is 2.94. The summed E-state index contributed by atoms with van der Waals surface area (Å²) in [6.07, 6.45) is -0.0403. The van der Waals surface area contributed by atoms with E-state index in [4.69, 9.17) is 15.6 Å². The van der Waals surface area contributed by atoms with E-state index in [9.17, 15) is 4.79 Å². The number of rotatable bonds is 3. The quantitative estimate of drug-likeness (QED) is 0.679. The lowest BCUT2D eigenvalue weighted by Crippen LogP contribution is -2.01. The molecule has 3 N–H and O–H groups in total. The van der Waals surface area contributed by atoms with E-state index in [2.05, 4.69) is 0 Å². The Labute approximate surface area is 75.9 Å². The van der Waals surface area contributed by atoms with Crippen LogP contribution in [0.15, 0.2) is 18.2 Å². The number of benzene rings is 1. The van der Waals surface area contributed by atoms with Crippen LogP contribution in [0.5, 0.6) is 5.75 Å². The molecule has 0 fully saturated rings. The van der Waals surface area contributed by atoms with Crippen LogP contribution in [0.3, 0.4) is 0 Å². The topological polar surface area (TPSA) is 72.5 Å². The highest BCUT2D eigenvalue weighted by molar-refractivity contribution is 5.71. The summed E-state index contributed by atoms with van der Waals surface area (Å²) in [5.41, 5.74) is 6.69. The van der Waals surface area contributed by atoms with Gasteiger partial charge in [0, 0.05) is 11.8 Å². The number of methoxy groups -OCH3 is 1. The van der Waals surface area contributed by atoms with Crippen LogP contribution >= 0.6 is 0 Å². The van der Waals surface area contributed by atoms with Crippen molar-refractivity contribution in [2.45, 2.75) is 6.42 Å². The minimum Gasteiger partial charge on any atom is -0.497 e. The van der Waals surface area contributed by atoms with Gasteiger partial charge in [0.2, 0.25) is 0 Å². The number of carbonyl (C=O) groups is 1. The third-order valence-electron chi connectivity index (χ3n) is 1.58. The van der Waals surface area contributed by atoms with Crippen molar-refractivity contribution in [3.8, 4) is 5.75 Å². The van der Waals surface area contributed by atoms with E-state index < -0.39 is 5.97 Å². The number of carboxylic acids is 1. The number of anilines is 1. The van der Waals surface area contributed by atoms with E-state index >= 15 is 0 Å². The first-order valence-corrected chi connectivity index (χ1v) is 3.77. The lowest BCUT2D eigenvalue weighted by Gasteiger charge is -2.04. The summed E-state index contributed by atoms with van der Waals surface area (Å²) in [6.45, 7) is 0. The standard InChI is InChI=1S/C9H11NO3/c1-13-8-3-6(4-9(11)12)2-7(10)5-8/h2-3,5H,4,10H2,1H3,(H,11,12). The van der Waals surface area contributed by atoms with Crippen LogP contribution in [0.1, 0.15) is 5.56 Å². The third-order valence-corrected chi connectivity index (χ3v) is 1.58. The molecule has 70 valence electrons. The molecule has 1 rings (SSSR count). The van der Waals surface area contributed by atoms with Gasteiger partial charge in [-0.05, 0) is 17.7 Å². The third kappa shape index (κ3) is 2.66. The smallest absolute Gasteiger partial charge is 0.307 e. The molecule has 0 atom stereocenters. The van der Waals surface area contributed by atoms with Crippen LogP contribution in [0.2, 0.25) is 0 Å². The summed E-state index contributed by atoms with van der Waals surface area (Å²) in [5, 5.41) is 8.54. The molecular formula is C9H11NO3. The molecule has 0 radical (unpaired) electrons. The monoisotopic (exact) mass is 181 g/mol. The second-order valence-electron chi connectivity index (χ2n) is 2.68. The number of carboxylic acid groups (broad SMARTS) is 1. The lowest BCUT2D eigenvalue weighted by atomic mass is 10.1. The predicted molar refractivity (Wildman–Crippen MR) is 48.7 cm³/mol. The summed E-state index contributed by atoms with van der Waals surface area (Å²) in [6, 6.07) is 4.92. The van der Waals surface area contributed by atoms with Crippen LogP contribution in [-0.4, -0.2) is 18.2 Å². The second-order valence-corrected chi connectivity index (χ2v) is 2.68. The van der Waals surface area contributed by atoms with Crippen molar-refractivity contribution in [2.75, 3.05) is 12.8 Å². The van der Waals surface area contributed by atoms with E-state index in [0.29, 0.717) is 17.0 Å². The van der Waals surface area contributed by atoms with E-state index in [1.54, 1.807) is 18.2 Å². The van der Waals surface area contributed by atoms with E-state index in [1.807, 2.05) is 0 Å². The highest BCUT2D eigenvalue weighted by Gasteiger charge is 2.03. The Morgan fingerprint density at radius 3 is 2.77 bits per heavy atom. The van der Waals surface area contributed by atoms with Gasteiger partial charge in [0.15, 0.2) is 0 Å². The minimum atomic E-state index is -0.882. The Morgan fingerprint density at radius 2 is 2.23 bits per heavy atom. The molecule has 0 spiro atoms. The first kappa shape index (κ1) is 9.38. The number of nitrogen functional groups attached to an aromatic ring is 1. The van der Waals surface area contributed by atoms with Gasteiger partial charge in [0.05, 0.1) is 13.5 Å². The maximum atomic E-state index is 10.4. The van der Waals surface area contributed by atoms with Crippen molar-refractivity contribution in [3.63, 3.8) is 0 Å². The van der Waals surface area contributed by atoms with Gasteiger partial charge in [-0.15, -0.1) is 0 Å². The number of nitrogens with two attached hydrogens (primary N) is 1. The predicted octanol–water partition coefficient (Wildman–Crippen LogP) is 0.905. The highest BCUT2D eigenvalue weighted by atomic mass is 16.5. The summed E-state index contributed by atoms with van der Waals surface area (Å²) in [5.74, 6) is -0.302. The van der Waals surface area contributed by atoms with Crippen molar-refractivity contribution < 1.29 is 14.6 Å². The summed E-state index contributed by atoms with van der Waals surface area (Å²) in [4.78, 5) is 10.4. The van der Waals surface area contributed by atoms with Crippen molar-refractivity contribution >= 4 is 11.7 Å². The average molecular weight is 181 g/mol. The molecule has 1 aromatic rings. The molecule has 0 heterocycles. The van der Waals surface area contributed by atoms with Gasteiger partial charge in [-0.1, -0.05) is 0 Å². The van der Waals surface area contributed by atoms with Crippen molar-refractivity contribution in [2.24, 2.45) is 0 Å². The molecule has 0 aliphatic carbocycles. The maximum Gasteiger partial charge on any atom is 0.307 e. The van der Waals surface area contributed by atoms with Crippen LogP contribution < -0.4 is 10.5 Å². The SMILES string of the molecule is COc1cc(N)cc(CC(=O)O)c1. The van der Waals surface area contributed by atoms with Gasteiger partial charge in [-0.2, -0.15) is 0 Å². The van der Waals surface area contributed by atoms with Crippen molar-refractivity contribution in [1.29, 1.82) is 0 Å². The normalized spacial score (nSPS) is 9.62. The van der Waals surface area contributed by atoms with Crippen molar-refractivity contribution in [1.82, 2.24) is 0 Å². The number of aliphatic carboxylic acids is 1. The van der Waals surface area contributed by atoms with E-state index in [1.165, 1.54) is 7.11 Å². The summed E-state index contributed by atoms with van der Waals surface area (Å²) in [7, 11) is 1.51. The fourth-order valence-electron chi connectivity index (χ4n) is 1.08. The zero-order valence-corrected chi connectivity index (χ0v) is 7.28. The first-order chi connectivity index (χ1) is 6.11. The number of ether oxygens (including phenoxy) is 1. The maximum absolute atomic E-state index is 10.4. The Hall–Kier alpha value is -1.71. The van der Waals surface area contributed by atoms with Crippen LogP contribution in [-0.2, 0) is 11.2 Å². The van der Waals surface area contributed by atoms with Gasteiger partial charge >= 0.3 is 5.97 Å². The molecule has 0 bridgehead atoms. The molecule has 1 aromatic carbocycles. The minimum absolute atomic E-state index is 0.0403. The molecule has 0 amide bonds. The van der Waals surface area contributed by atoms with Gasteiger partial charge < -0.3 is 15.6 Å². The second kappa shape index (κ2) is 3.80. The van der Waals surface area contributed by atoms with Crippen LogP contribution in [0.25, 0.3) is 0 Å². The first-order valence-electron chi connectivity index (χ1n) is 3.77. The largest absolute Gasteiger partial charge is 0.497 e. The van der Waals surface area contributed by atoms with Gasteiger partial charge in [-0.3, -0.25) is 4.79 Å². The molecule has 4 nitrogen and oxygen atoms in total. The highest BCUT2D eigenvalue weighted by Crippen LogP contribution is 2.18. The Morgan fingerprint density at radius 1 is 1.54 bits per heavy atom. The molecule has 0 aliphatic rings. The summed E-state index contributed by atoms with van der Waals surface area (Å²) < 4.78 is 4.94. The summed E-state index contributed by atoms with van der Waals surface area (Å²) >= 11 is 0. The Bertz CT molecular complexity index is 323. The fourth-order valence-corrected chi connectivity index (χ4v) is 1.08. The molecule has 13 heavy (non-hydrogen) atoms. The molecule has 0 aliphatic heterocycles. The van der Waals surface area contributed by atoms with Gasteiger partial charge in [-0.25, -0.2) is 0 Å².